The van der Waals surface area contributed by atoms with E-state index >= 15 is 0 Å². The summed E-state index contributed by atoms with van der Waals surface area (Å²) in [5, 5.41) is 5.15. The van der Waals surface area contributed by atoms with E-state index in [1.54, 1.807) is 0 Å². The molecule has 0 radical (unpaired) electrons. The second-order valence-electron chi connectivity index (χ2n) is 5.34. The van der Waals surface area contributed by atoms with Gasteiger partial charge in [-0.1, -0.05) is 42.5 Å². The molecule has 3 nitrogen and oxygen atoms in total. The molecule has 0 saturated heterocycles. The molecule has 1 aromatic heterocycles. The Kier molecular flexibility index (Phi) is 4.63. The molecule has 1 amide bonds. The maximum Gasteiger partial charge on any atom is 0.238 e. The summed E-state index contributed by atoms with van der Waals surface area (Å²) >= 11 is 1.51. The Morgan fingerprint density at radius 1 is 1.04 bits per heavy atom. The average molecular weight is 322 g/mol. The van der Waals surface area contributed by atoms with E-state index in [0.717, 1.165) is 11.3 Å². The minimum absolute atomic E-state index is 0.0272. The van der Waals surface area contributed by atoms with E-state index < -0.39 is 0 Å². The molecule has 3 rings (SSSR count). The van der Waals surface area contributed by atoms with Gasteiger partial charge < -0.3 is 5.32 Å². The van der Waals surface area contributed by atoms with Crippen LogP contribution in [-0.4, -0.2) is 22.4 Å². The summed E-state index contributed by atoms with van der Waals surface area (Å²) in [6, 6.07) is 20.2. The first kappa shape index (κ1) is 15.6. The van der Waals surface area contributed by atoms with Crippen LogP contribution in [0.5, 0.6) is 0 Å². The molecule has 0 aliphatic carbocycles. The lowest BCUT2D eigenvalue weighted by Crippen LogP contribution is -2.22. The van der Waals surface area contributed by atoms with Crippen molar-refractivity contribution in [2.45, 2.75) is 12.2 Å². The SMILES string of the molecule is CS[C@H](C)C(=O)Nc1cccc(-c2ccc3ccccc3c2)n1. The molecule has 1 atom stereocenters. The Morgan fingerprint density at radius 2 is 1.83 bits per heavy atom. The molecule has 0 bridgehead atoms. The van der Waals surface area contributed by atoms with Gasteiger partial charge in [0.25, 0.3) is 0 Å². The van der Waals surface area contributed by atoms with Crippen LogP contribution in [0.15, 0.2) is 60.7 Å². The Morgan fingerprint density at radius 3 is 2.61 bits per heavy atom. The van der Waals surface area contributed by atoms with Crippen LogP contribution in [0.25, 0.3) is 22.0 Å². The molecule has 0 unspecified atom stereocenters. The summed E-state index contributed by atoms with van der Waals surface area (Å²) in [6.07, 6.45) is 1.92. The lowest BCUT2D eigenvalue weighted by molar-refractivity contribution is -0.115. The number of carbonyl (C=O) groups excluding carboxylic acids is 1. The first-order chi connectivity index (χ1) is 11.2. The summed E-state index contributed by atoms with van der Waals surface area (Å²) in [6.45, 7) is 1.88. The molecule has 1 N–H and O–H groups in total. The molecule has 0 saturated carbocycles. The van der Waals surface area contributed by atoms with Crippen molar-refractivity contribution in [2.75, 3.05) is 11.6 Å². The van der Waals surface area contributed by atoms with Gasteiger partial charge in [0, 0.05) is 5.56 Å². The monoisotopic (exact) mass is 322 g/mol. The van der Waals surface area contributed by atoms with Gasteiger partial charge in [-0.3, -0.25) is 4.79 Å². The molecule has 1 heterocycles. The second kappa shape index (κ2) is 6.84. The van der Waals surface area contributed by atoms with Gasteiger partial charge in [-0.05, 0) is 42.2 Å². The highest BCUT2D eigenvalue weighted by atomic mass is 32.2. The maximum absolute atomic E-state index is 12.0. The number of fused-ring (bicyclic) bond motifs is 1. The summed E-state index contributed by atoms with van der Waals surface area (Å²) in [5.74, 6) is 0.558. The summed E-state index contributed by atoms with van der Waals surface area (Å²) in [5.41, 5.74) is 1.89. The zero-order chi connectivity index (χ0) is 16.2. The zero-order valence-electron chi connectivity index (χ0n) is 13.1. The van der Waals surface area contributed by atoms with Crippen LogP contribution in [0, 0.1) is 0 Å². The predicted octanol–water partition coefficient (Wildman–Crippen LogP) is 4.59. The highest BCUT2D eigenvalue weighted by molar-refractivity contribution is 7.99. The lowest BCUT2D eigenvalue weighted by atomic mass is 10.0. The third-order valence-electron chi connectivity index (χ3n) is 3.77. The number of anilines is 1. The van der Waals surface area contributed by atoms with Crippen molar-refractivity contribution in [3.63, 3.8) is 0 Å². The fraction of sp³-hybridized carbons (Fsp3) is 0.158. The predicted molar refractivity (Wildman–Crippen MR) is 98.8 cm³/mol. The number of nitrogens with one attached hydrogen (secondary N) is 1. The van der Waals surface area contributed by atoms with E-state index in [9.17, 15) is 4.79 Å². The number of pyridine rings is 1. The van der Waals surface area contributed by atoms with E-state index in [4.69, 9.17) is 0 Å². The van der Waals surface area contributed by atoms with Gasteiger partial charge in [0.1, 0.15) is 5.82 Å². The number of hydrogen-bond donors (Lipinski definition) is 1. The number of nitrogens with zero attached hydrogens (tertiary/aromatic N) is 1. The molecule has 2 aromatic carbocycles. The molecule has 3 aromatic rings. The quantitative estimate of drug-likeness (QED) is 0.764. The highest BCUT2D eigenvalue weighted by Gasteiger charge is 2.12. The van der Waals surface area contributed by atoms with E-state index in [1.807, 2.05) is 43.5 Å². The van der Waals surface area contributed by atoms with Crippen LogP contribution in [-0.2, 0) is 4.79 Å². The molecule has 0 aliphatic heterocycles. The molecule has 23 heavy (non-hydrogen) atoms. The average Bonchev–Trinajstić information content (AvgIpc) is 2.60. The number of hydrogen-bond acceptors (Lipinski definition) is 3. The first-order valence-corrected chi connectivity index (χ1v) is 8.76. The van der Waals surface area contributed by atoms with Gasteiger partial charge in [0.15, 0.2) is 0 Å². The zero-order valence-corrected chi connectivity index (χ0v) is 13.9. The standard InChI is InChI=1S/C19H18N2OS/c1-13(23-2)19(22)21-18-9-5-8-17(20-18)16-11-10-14-6-3-4-7-15(14)12-16/h3-13H,1-2H3,(H,20,21,22)/t13-/m1/s1. The summed E-state index contributed by atoms with van der Waals surface area (Å²) in [7, 11) is 0. The Bertz CT molecular complexity index is 847. The third kappa shape index (κ3) is 3.54. The van der Waals surface area contributed by atoms with Crippen molar-refractivity contribution in [2.24, 2.45) is 0 Å². The maximum atomic E-state index is 12.0. The number of benzene rings is 2. The molecular formula is C19H18N2OS. The van der Waals surface area contributed by atoms with Crippen molar-refractivity contribution in [1.82, 2.24) is 4.98 Å². The second-order valence-corrected chi connectivity index (χ2v) is 6.52. The van der Waals surface area contributed by atoms with Crippen molar-refractivity contribution < 1.29 is 4.79 Å². The fourth-order valence-corrected chi connectivity index (χ4v) is 2.62. The van der Waals surface area contributed by atoms with Crippen molar-refractivity contribution in [3.8, 4) is 11.3 Å². The fourth-order valence-electron chi connectivity index (χ4n) is 2.35. The number of aromatic nitrogens is 1. The summed E-state index contributed by atoms with van der Waals surface area (Å²) in [4.78, 5) is 16.6. The first-order valence-electron chi connectivity index (χ1n) is 7.47. The van der Waals surface area contributed by atoms with E-state index in [2.05, 4.69) is 40.6 Å². The number of thioether (sulfide) groups is 1. The van der Waals surface area contributed by atoms with E-state index in [1.165, 1.54) is 22.5 Å². The van der Waals surface area contributed by atoms with E-state index in [-0.39, 0.29) is 11.2 Å². The molecule has 4 heteroatoms. The van der Waals surface area contributed by atoms with Gasteiger partial charge in [-0.2, -0.15) is 11.8 Å². The molecule has 116 valence electrons. The van der Waals surface area contributed by atoms with Crippen LogP contribution in [0.1, 0.15) is 6.92 Å². The largest absolute Gasteiger partial charge is 0.310 e. The topological polar surface area (TPSA) is 42.0 Å². The van der Waals surface area contributed by atoms with Gasteiger partial charge in [0.05, 0.1) is 10.9 Å². The van der Waals surface area contributed by atoms with Gasteiger partial charge in [0.2, 0.25) is 5.91 Å². The molecule has 0 aliphatic rings. The highest BCUT2D eigenvalue weighted by Crippen LogP contribution is 2.24. The van der Waals surface area contributed by atoms with Crippen LogP contribution in [0.4, 0.5) is 5.82 Å². The van der Waals surface area contributed by atoms with Crippen molar-refractivity contribution >= 4 is 34.3 Å². The van der Waals surface area contributed by atoms with Crippen molar-refractivity contribution in [3.05, 3.63) is 60.7 Å². The van der Waals surface area contributed by atoms with Crippen LogP contribution < -0.4 is 5.32 Å². The number of amides is 1. The van der Waals surface area contributed by atoms with Gasteiger partial charge in [-0.25, -0.2) is 4.98 Å². The van der Waals surface area contributed by atoms with Gasteiger partial charge in [-0.15, -0.1) is 0 Å². The van der Waals surface area contributed by atoms with Crippen molar-refractivity contribution in [1.29, 1.82) is 0 Å². The minimum atomic E-state index is -0.0962. The van der Waals surface area contributed by atoms with Crippen LogP contribution in [0.3, 0.4) is 0 Å². The smallest absolute Gasteiger partial charge is 0.238 e. The van der Waals surface area contributed by atoms with E-state index in [0.29, 0.717) is 5.82 Å². The summed E-state index contributed by atoms with van der Waals surface area (Å²) < 4.78 is 0. The van der Waals surface area contributed by atoms with Crippen LogP contribution in [0.2, 0.25) is 0 Å². The molecule has 0 spiro atoms. The Hall–Kier alpha value is -2.33. The van der Waals surface area contributed by atoms with Gasteiger partial charge >= 0.3 is 0 Å². The molecule has 0 fully saturated rings. The normalized spacial score (nSPS) is 12.1. The Balaban J connectivity index is 1.90. The number of carbonyl (C=O) groups is 1. The van der Waals surface area contributed by atoms with Crippen LogP contribution >= 0.6 is 11.8 Å². The Labute approximate surface area is 140 Å². The molecular weight excluding hydrogens is 304 g/mol. The minimum Gasteiger partial charge on any atom is -0.310 e. The third-order valence-corrected chi connectivity index (χ3v) is 4.69. The number of rotatable bonds is 4. The lowest BCUT2D eigenvalue weighted by Gasteiger charge is -2.10.